The smallest absolute Gasteiger partial charge is 0.410 e. The molecule has 0 aromatic rings. The van der Waals surface area contributed by atoms with Crippen molar-refractivity contribution in [3.05, 3.63) is 11.5 Å². The predicted octanol–water partition coefficient (Wildman–Crippen LogP) is 3.22. The molecule has 120 valence electrons. The number of halogens is 1. The quantitative estimate of drug-likeness (QED) is 0.299. The van der Waals surface area contributed by atoms with Gasteiger partial charge in [0.2, 0.25) is 0 Å². The topological polar surface area (TPSA) is 55.8 Å². The molecule has 0 bridgehead atoms. The zero-order chi connectivity index (χ0) is 16.0. The van der Waals surface area contributed by atoms with Crippen LogP contribution in [-0.4, -0.2) is 51.9 Å². The van der Waals surface area contributed by atoms with Crippen molar-refractivity contribution < 1.29 is 19.1 Å². The zero-order valence-electron chi connectivity index (χ0n) is 12.8. The molecule has 0 N–H and O–H groups in total. The summed E-state index contributed by atoms with van der Waals surface area (Å²) >= 11 is 3.86. The van der Waals surface area contributed by atoms with Crippen molar-refractivity contribution in [1.29, 1.82) is 0 Å². The van der Waals surface area contributed by atoms with Crippen LogP contribution in [0.25, 0.3) is 0 Å². The highest BCUT2D eigenvalue weighted by Gasteiger charge is 2.36. The standard InChI is InChI=1S/C14H22INO4S/c1-14(2,3)20-13(18)16-8-10(15)7-11(16)9-21-6-5-12(17)19-4/h5-6,10-11H,7-9H2,1-4H3/b6-5-/t10?,11-/m0/s1. The van der Waals surface area contributed by atoms with Gasteiger partial charge in [-0.1, -0.05) is 22.6 Å². The Kier molecular flexibility index (Phi) is 7.32. The van der Waals surface area contributed by atoms with Gasteiger partial charge in [-0.3, -0.25) is 0 Å². The molecular formula is C14H22INO4S. The Labute approximate surface area is 143 Å². The van der Waals surface area contributed by atoms with Gasteiger partial charge in [0, 0.05) is 28.3 Å². The molecule has 1 fully saturated rings. The van der Waals surface area contributed by atoms with Gasteiger partial charge in [-0.2, -0.15) is 0 Å². The number of methoxy groups -OCH3 is 1. The number of hydrogen-bond acceptors (Lipinski definition) is 5. The van der Waals surface area contributed by atoms with Crippen molar-refractivity contribution in [2.45, 2.75) is 42.8 Å². The molecule has 0 aromatic carbocycles. The molecule has 1 aliphatic heterocycles. The van der Waals surface area contributed by atoms with Crippen molar-refractivity contribution in [3.63, 3.8) is 0 Å². The third kappa shape index (κ3) is 6.90. The van der Waals surface area contributed by atoms with Crippen LogP contribution in [0.4, 0.5) is 4.79 Å². The summed E-state index contributed by atoms with van der Waals surface area (Å²) in [7, 11) is 1.35. The van der Waals surface area contributed by atoms with Crippen molar-refractivity contribution >= 4 is 46.4 Å². The number of amides is 1. The molecule has 0 aromatic heterocycles. The van der Waals surface area contributed by atoms with Gasteiger partial charge in [-0.15, -0.1) is 11.8 Å². The van der Waals surface area contributed by atoms with Crippen LogP contribution in [0.1, 0.15) is 27.2 Å². The number of thioether (sulfide) groups is 1. The molecule has 0 saturated carbocycles. The van der Waals surface area contributed by atoms with Crippen LogP contribution in [0, 0.1) is 0 Å². The lowest BCUT2D eigenvalue weighted by Crippen LogP contribution is -2.41. The molecule has 1 heterocycles. The fourth-order valence-electron chi connectivity index (χ4n) is 1.90. The zero-order valence-corrected chi connectivity index (χ0v) is 15.8. The number of alkyl halides is 1. The molecule has 1 unspecified atom stereocenters. The molecule has 1 rings (SSSR count). The van der Waals surface area contributed by atoms with Gasteiger partial charge in [0.05, 0.1) is 7.11 Å². The van der Waals surface area contributed by atoms with Gasteiger partial charge < -0.3 is 14.4 Å². The van der Waals surface area contributed by atoms with E-state index < -0.39 is 5.60 Å². The van der Waals surface area contributed by atoms with Crippen molar-refractivity contribution in [2.24, 2.45) is 0 Å². The first-order chi connectivity index (χ1) is 9.73. The second-order valence-corrected chi connectivity index (χ2v) is 8.48. The van der Waals surface area contributed by atoms with Crippen LogP contribution >= 0.6 is 34.4 Å². The second kappa shape index (κ2) is 8.26. The van der Waals surface area contributed by atoms with E-state index in [0.29, 0.717) is 10.5 Å². The van der Waals surface area contributed by atoms with E-state index in [9.17, 15) is 9.59 Å². The van der Waals surface area contributed by atoms with Crippen molar-refractivity contribution in [1.82, 2.24) is 4.90 Å². The molecule has 2 atom stereocenters. The monoisotopic (exact) mass is 427 g/mol. The fourth-order valence-corrected chi connectivity index (χ4v) is 3.77. The Bertz CT molecular complexity index is 408. The van der Waals surface area contributed by atoms with E-state index >= 15 is 0 Å². The summed E-state index contributed by atoms with van der Waals surface area (Å²) < 4.78 is 10.4. The number of carbonyl (C=O) groups excluding carboxylic acids is 2. The SMILES string of the molecule is COC(=O)/C=C\SC[C@@H]1CC(I)CN1C(=O)OC(C)(C)C. The summed E-state index contributed by atoms with van der Waals surface area (Å²) in [5.74, 6) is 0.372. The molecule has 1 amide bonds. The van der Waals surface area contributed by atoms with Crippen LogP contribution < -0.4 is 0 Å². The van der Waals surface area contributed by atoms with E-state index in [-0.39, 0.29) is 18.1 Å². The minimum absolute atomic E-state index is 0.133. The number of carbonyl (C=O) groups is 2. The van der Waals surface area contributed by atoms with Crippen LogP contribution in [-0.2, 0) is 14.3 Å². The minimum Gasteiger partial charge on any atom is -0.466 e. The van der Waals surface area contributed by atoms with Crippen LogP contribution in [0.15, 0.2) is 11.5 Å². The lowest BCUT2D eigenvalue weighted by atomic mass is 10.2. The highest BCUT2D eigenvalue weighted by Crippen LogP contribution is 2.28. The van der Waals surface area contributed by atoms with E-state index in [2.05, 4.69) is 27.3 Å². The molecule has 7 heteroatoms. The summed E-state index contributed by atoms with van der Waals surface area (Å²) in [5.41, 5.74) is -0.483. The number of likely N-dealkylation sites (tertiary alicyclic amines) is 1. The Balaban J connectivity index is 2.53. The summed E-state index contributed by atoms with van der Waals surface area (Å²) in [6.07, 6.45) is 2.07. The summed E-state index contributed by atoms with van der Waals surface area (Å²) in [6.45, 7) is 6.31. The van der Waals surface area contributed by atoms with E-state index in [1.54, 1.807) is 10.3 Å². The molecule has 0 spiro atoms. The molecule has 1 aliphatic rings. The number of nitrogens with zero attached hydrogens (tertiary/aromatic N) is 1. The Hall–Kier alpha value is -0.440. The maximum atomic E-state index is 12.2. The normalized spacial score (nSPS) is 22.6. The predicted molar refractivity (Wildman–Crippen MR) is 92.8 cm³/mol. The van der Waals surface area contributed by atoms with Crippen molar-refractivity contribution in [3.8, 4) is 0 Å². The number of ether oxygens (including phenoxy) is 2. The van der Waals surface area contributed by atoms with E-state index in [1.807, 2.05) is 20.8 Å². The number of hydrogen-bond donors (Lipinski definition) is 0. The van der Waals surface area contributed by atoms with Crippen LogP contribution in [0.5, 0.6) is 0 Å². The van der Waals surface area contributed by atoms with Gasteiger partial charge in [0.15, 0.2) is 0 Å². The van der Waals surface area contributed by atoms with Crippen LogP contribution in [0.2, 0.25) is 0 Å². The fraction of sp³-hybridized carbons (Fsp3) is 0.714. The Morgan fingerprint density at radius 2 is 2.10 bits per heavy atom. The minimum atomic E-state index is -0.483. The molecular weight excluding hydrogens is 405 g/mol. The lowest BCUT2D eigenvalue weighted by molar-refractivity contribution is -0.134. The van der Waals surface area contributed by atoms with Gasteiger partial charge in [0.1, 0.15) is 5.60 Å². The molecule has 21 heavy (non-hydrogen) atoms. The Morgan fingerprint density at radius 1 is 1.43 bits per heavy atom. The van der Waals surface area contributed by atoms with Gasteiger partial charge in [0.25, 0.3) is 0 Å². The first kappa shape index (κ1) is 18.6. The summed E-state index contributed by atoms with van der Waals surface area (Å²) in [5, 5.41) is 1.71. The number of esters is 1. The third-order valence-electron chi connectivity index (χ3n) is 2.78. The van der Waals surface area contributed by atoms with E-state index in [4.69, 9.17) is 4.74 Å². The highest BCUT2D eigenvalue weighted by molar-refractivity contribution is 14.1. The van der Waals surface area contributed by atoms with E-state index in [0.717, 1.165) is 12.2 Å². The molecule has 0 radical (unpaired) electrons. The molecule has 0 aliphatic carbocycles. The van der Waals surface area contributed by atoms with Gasteiger partial charge >= 0.3 is 12.1 Å². The number of rotatable bonds is 4. The first-order valence-corrected chi connectivity index (χ1v) is 9.02. The van der Waals surface area contributed by atoms with Gasteiger partial charge in [-0.25, -0.2) is 9.59 Å². The van der Waals surface area contributed by atoms with E-state index in [1.165, 1.54) is 24.9 Å². The third-order valence-corrected chi connectivity index (χ3v) is 4.59. The molecule has 5 nitrogen and oxygen atoms in total. The maximum Gasteiger partial charge on any atom is 0.410 e. The summed E-state index contributed by atoms with van der Waals surface area (Å²) in [6, 6.07) is 0.133. The lowest BCUT2D eigenvalue weighted by Gasteiger charge is -2.28. The second-order valence-electron chi connectivity index (χ2n) is 5.78. The van der Waals surface area contributed by atoms with Gasteiger partial charge in [-0.05, 0) is 32.6 Å². The van der Waals surface area contributed by atoms with Crippen molar-refractivity contribution in [2.75, 3.05) is 19.4 Å². The average molecular weight is 427 g/mol. The Morgan fingerprint density at radius 3 is 2.67 bits per heavy atom. The molecule has 1 saturated heterocycles. The maximum absolute atomic E-state index is 12.2. The highest BCUT2D eigenvalue weighted by atomic mass is 127. The largest absolute Gasteiger partial charge is 0.466 e. The summed E-state index contributed by atoms with van der Waals surface area (Å²) in [4.78, 5) is 25.0. The van der Waals surface area contributed by atoms with Crippen LogP contribution in [0.3, 0.4) is 0 Å². The average Bonchev–Trinajstić information content (AvgIpc) is 2.73. The first-order valence-electron chi connectivity index (χ1n) is 6.72.